The molecule has 1 aromatic carbocycles. The molecule has 0 spiro atoms. The van der Waals surface area contributed by atoms with Crippen molar-refractivity contribution in [2.24, 2.45) is 0 Å². The largest absolute Gasteiger partial charge is 0.314 e. The van der Waals surface area contributed by atoms with Crippen LogP contribution in [0.2, 0.25) is 0 Å². The van der Waals surface area contributed by atoms with Gasteiger partial charge >= 0.3 is 0 Å². The zero-order valence-corrected chi connectivity index (χ0v) is 7.79. The molecule has 0 fully saturated rings. The predicted molar refractivity (Wildman–Crippen MR) is 56.4 cm³/mol. The van der Waals surface area contributed by atoms with E-state index in [4.69, 9.17) is 0 Å². The van der Waals surface area contributed by atoms with E-state index in [9.17, 15) is 0 Å². The Bertz CT molecular complexity index is 485. The number of para-hydroxylation sites is 2. The van der Waals surface area contributed by atoms with Crippen molar-refractivity contribution in [2.75, 3.05) is 0 Å². The molecule has 0 unspecified atom stereocenters. The lowest BCUT2D eigenvalue weighted by molar-refractivity contribution is 0.905. The van der Waals surface area contributed by atoms with Crippen LogP contribution < -0.4 is 0 Å². The Balaban J connectivity index is 2.41. The van der Waals surface area contributed by atoms with Gasteiger partial charge in [-0.05, 0) is 23.6 Å². The van der Waals surface area contributed by atoms with Gasteiger partial charge in [-0.25, -0.2) is 4.98 Å². The van der Waals surface area contributed by atoms with E-state index < -0.39 is 0 Å². The molecule has 0 saturated heterocycles. The van der Waals surface area contributed by atoms with Crippen LogP contribution >= 0.6 is 11.8 Å². The van der Waals surface area contributed by atoms with Crippen LogP contribution in [-0.2, 0) is 5.88 Å². The molecule has 1 aliphatic rings. The van der Waals surface area contributed by atoms with Crippen molar-refractivity contribution in [1.29, 1.82) is 0 Å². The second-order valence-electron chi connectivity index (χ2n) is 2.99. The second-order valence-corrected chi connectivity index (χ2v) is 3.85. The van der Waals surface area contributed by atoms with Gasteiger partial charge in [0, 0.05) is 0 Å². The van der Waals surface area contributed by atoms with E-state index in [0.717, 1.165) is 17.2 Å². The van der Waals surface area contributed by atoms with Crippen molar-refractivity contribution < 1.29 is 0 Å². The fraction of sp³-hybridized carbons (Fsp3) is 0.100. The molecule has 1 aliphatic heterocycles. The van der Waals surface area contributed by atoms with Crippen LogP contribution in [0.5, 0.6) is 0 Å². The first-order chi connectivity index (χ1) is 6.45. The van der Waals surface area contributed by atoms with Crippen LogP contribution in [0.4, 0.5) is 0 Å². The van der Waals surface area contributed by atoms with Crippen LogP contribution in [-0.4, -0.2) is 9.55 Å². The normalized spacial score (nSPS) is 14.8. The first-order valence-electron chi connectivity index (χ1n) is 4.18. The third-order valence-corrected chi connectivity index (χ3v) is 2.94. The molecule has 64 valence electrons. The number of nitrogens with zero attached hydrogens (tertiary/aromatic N) is 2. The van der Waals surface area contributed by atoms with Gasteiger partial charge in [0.15, 0.2) is 0 Å². The molecule has 2 aromatic rings. The number of rotatable bonds is 0. The number of benzene rings is 1. The number of thioether (sulfide) groups is 1. The molecule has 0 atom stereocenters. The Labute approximate surface area is 80.3 Å². The van der Waals surface area contributed by atoms with E-state index in [1.807, 2.05) is 6.07 Å². The van der Waals surface area contributed by atoms with Crippen molar-refractivity contribution in [3.05, 3.63) is 35.5 Å². The maximum atomic E-state index is 4.52. The minimum atomic E-state index is 0.979. The number of aromatic nitrogens is 2. The van der Waals surface area contributed by atoms with Gasteiger partial charge in [-0.2, -0.15) is 0 Å². The zero-order chi connectivity index (χ0) is 8.67. The maximum Gasteiger partial charge on any atom is 0.135 e. The lowest BCUT2D eigenvalue weighted by Crippen LogP contribution is -1.99. The van der Waals surface area contributed by atoms with Crippen LogP contribution in [0, 0.1) is 0 Å². The highest BCUT2D eigenvalue weighted by Crippen LogP contribution is 2.24. The van der Waals surface area contributed by atoms with E-state index >= 15 is 0 Å². The Morgan fingerprint density at radius 2 is 2.23 bits per heavy atom. The molecule has 2 nitrogen and oxygen atoms in total. The molecule has 0 bridgehead atoms. The van der Waals surface area contributed by atoms with Crippen LogP contribution in [0.1, 0.15) is 5.82 Å². The van der Waals surface area contributed by atoms with Crippen molar-refractivity contribution >= 4 is 28.9 Å². The van der Waals surface area contributed by atoms with Gasteiger partial charge < -0.3 is 4.57 Å². The summed E-state index contributed by atoms with van der Waals surface area (Å²) in [5, 5.41) is 2.10. The Kier molecular flexibility index (Phi) is 1.46. The average Bonchev–Trinajstić information content (AvgIpc) is 2.56. The van der Waals surface area contributed by atoms with Crippen molar-refractivity contribution in [3.63, 3.8) is 0 Å². The summed E-state index contributed by atoms with van der Waals surface area (Å²) in [6.45, 7) is 0. The topological polar surface area (TPSA) is 17.8 Å². The van der Waals surface area contributed by atoms with Crippen LogP contribution in [0.25, 0.3) is 17.1 Å². The van der Waals surface area contributed by atoms with Gasteiger partial charge in [0.2, 0.25) is 0 Å². The summed E-state index contributed by atoms with van der Waals surface area (Å²) in [6, 6.07) is 8.25. The third kappa shape index (κ3) is 1.00. The molecule has 0 N–H and O–H groups in total. The summed E-state index contributed by atoms with van der Waals surface area (Å²) in [6.07, 6.45) is 2.06. The fourth-order valence-corrected chi connectivity index (χ4v) is 2.31. The number of hydrogen-bond donors (Lipinski definition) is 0. The second kappa shape index (κ2) is 2.64. The van der Waals surface area contributed by atoms with Crippen molar-refractivity contribution in [3.8, 4) is 0 Å². The highest BCUT2D eigenvalue weighted by atomic mass is 32.2. The Morgan fingerprint density at radius 3 is 3.23 bits per heavy atom. The number of imidazole rings is 1. The minimum absolute atomic E-state index is 0.979. The predicted octanol–water partition coefficient (Wildman–Crippen LogP) is 2.71. The SMILES string of the molecule is C1=Cc2nc3ccccc3n2CS1. The fourth-order valence-electron chi connectivity index (χ4n) is 1.58. The van der Waals surface area contributed by atoms with Gasteiger partial charge in [-0.15, -0.1) is 11.8 Å². The summed E-state index contributed by atoms with van der Waals surface area (Å²) in [5.41, 5.74) is 2.32. The highest BCUT2D eigenvalue weighted by molar-refractivity contribution is 8.01. The molecule has 0 amide bonds. The average molecular weight is 188 g/mol. The van der Waals surface area contributed by atoms with Crippen molar-refractivity contribution in [2.45, 2.75) is 5.88 Å². The van der Waals surface area contributed by atoms with Gasteiger partial charge in [0.05, 0.1) is 16.9 Å². The molecular weight excluding hydrogens is 180 g/mol. The summed E-state index contributed by atoms with van der Waals surface area (Å²) in [4.78, 5) is 4.52. The maximum absolute atomic E-state index is 4.52. The van der Waals surface area contributed by atoms with E-state index in [2.05, 4.69) is 39.2 Å². The third-order valence-electron chi connectivity index (χ3n) is 2.20. The smallest absolute Gasteiger partial charge is 0.135 e. The number of hydrogen-bond acceptors (Lipinski definition) is 2. The molecule has 0 aliphatic carbocycles. The van der Waals surface area contributed by atoms with Gasteiger partial charge in [0.25, 0.3) is 0 Å². The quantitative estimate of drug-likeness (QED) is 0.632. The molecule has 1 aromatic heterocycles. The molecule has 3 heteroatoms. The Hall–Kier alpha value is -1.22. The van der Waals surface area contributed by atoms with Crippen LogP contribution in [0.3, 0.4) is 0 Å². The molecule has 13 heavy (non-hydrogen) atoms. The van der Waals surface area contributed by atoms with E-state index in [1.165, 1.54) is 5.52 Å². The van der Waals surface area contributed by atoms with Crippen LogP contribution in [0.15, 0.2) is 29.7 Å². The molecule has 3 rings (SSSR count). The lowest BCUT2D eigenvalue weighted by atomic mass is 10.3. The van der Waals surface area contributed by atoms with Gasteiger partial charge in [-0.3, -0.25) is 0 Å². The summed E-state index contributed by atoms with van der Waals surface area (Å²) in [7, 11) is 0. The molecular formula is C10H8N2S. The summed E-state index contributed by atoms with van der Waals surface area (Å²) < 4.78 is 2.24. The van der Waals surface area contributed by atoms with E-state index in [1.54, 1.807) is 11.8 Å². The summed E-state index contributed by atoms with van der Waals surface area (Å²) in [5.74, 6) is 2.05. The number of fused-ring (bicyclic) bond motifs is 3. The molecule has 2 heterocycles. The lowest BCUT2D eigenvalue weighted by Gasteiger charge is -2.07. The van der Waals surface area contributed by atoms with Gasteiger partial charge in [-0.1, -0.05) is 12.1 Å². The monoisotopic (exact) mass is 188 g/mol. The minimum Gasteiger partial charge on any atom is -0.314 e. The Morgan fingerprint density at radius 1 is 1.31 bits per heavy atom. The van der Waals surface area contributed by atoms with Gasteiger partial charge in [0.1, 0.15) is 5.82 Å². The van der Waals surface area contributed by atoms with E-state index in [0.29, 0.717) is 0 Å². The van der Waals surface area contributed by atoms with E-state index in [-0.39, 0.29) is 0 Å². The standard InChI is InChI=1S/C10H8N2S/c1-2-4-9-8(3-1)11-10-5-6-13-7-12(9)10/h1-6H,7H2. The zero-order valence-electron chi connectivity index (χ0n) is 6.97. The van der Waals surface area contributed by atoms with Crippen molar-refractivity contribution in [1.82, 2.24) is 9.55 Å². The molecule has 0 saturated carbocycles. The summed E-state index contributed by atoms with van der Waals surface area (Å²) >= 11 is 1.80. The highest BCUT2D eigenvalue weighted by Gasteiger charge is 2.09. The molecule has 0 radical (unpaired) electrons. The first kappa shape index (κ1) is 7.21. The first-order valence-corrected chi connectivity index (χ1v) is 5.23.